The zero-order valence-corrected chi connectivity index (χ0v) is 18.1. The Labute approximate surface area is 189 Å². The Morgan fingerprint density at radius 1 is 1.09 bits per heavy atom. The molecule has 1 atom stereocenters. The van der Waals surface area contributed by atoms with Crippen molar-refractivity contribution in [3.05, 3.63) is 52.5 Å². The maximum Gasteiger partial charge on any atom is 0.335 e. The van der Waals surface area contributed by atoms with E-state index < -0.39 is 11.9 Å². The van der Waals surface area contributed by atoms with Crippen LogP contribution < -0.4 is 0 Å². The summed E-state index contributed by atoms with van der Waals surface area (Å²) in [5, 5.41) is 20.0. The first-order valence-corrected chi connectivity index (χ1v) is 11.1. The molecule has 1 aliphatic heterocycles. The molecule has 8 heteroatoms. The predicted molar refractivity (Wildman–Crippen MR) is 116 cm³/mol. The van der Waals surface area contributed by atoms with Gasteiger partial charge in [-0.25, -0.2) is 13.6 Å². The van der Waals surface area contributed by atoms with Gasteiger partial charge in [0, 0.05) is 41.9 Å². The van der Waals surface area contributed by atoms with E-state index in [-0.39, 0.29) is 48.4 Å². The zero-order valence-electron chi connectivity index (χ0n) is 17.4. The highest BCUT2D eigenvalue weighted by Gasteiger charge is 2.42. The third-order valence-electron chi connectivity index (χ3n) is 6.57. The summed E-state index contributed by atoms with van der Waals surface area (Å²) in [4.78, 5) is 25.7. The summed E-state index contributed by atoms with van der Waals surface area (Å²) in [6.45, 7) is 0.534. The van der Waals surface area contributed by atoms with Crippen molar-refractivity contribution < 1.29 is 28.6 Å². The lowest BCUT2D eigenvalue weighted by Gasteiger charge is -2.34. The second-order valence-corrected chi connectivity index (χ2v) is 9.05. The largest absolute Gasteiger partial charge is 0.508 e. The first-order valence-electron chi connectivity index (χ1n) is 10.7. The first-order chi connectivity index (χ1) is 15.1. The van der Waals surface area contributed by atoms with Crippen LogP contribution in [0.2, 0.25) is 5.02 Å². The van der Waals surface area contributed by atoms with E-state index in [9.17, 15) is 23.5 Å². The second kappa shape index (κ2) is 8.70. The summed E-state index contributed by atoms with van der Waals surface area (Å²) >= 11 is 6.45. The first kappa shape index (κ1) is 22.5. The van der Waals surface area contributed by atoms with Crippen LogP contribution in [0, 0.1) is 5.92 Å². The van der Waals surface area contributed by atoms with E-state index in [2.05, 4.69) is 0 Å². The fraction of sp³-hybridized carbons (Fsp3) is 0.417. The van der Waals surface area contributed by atoms with Gasteiger partial charge in [-0.05, 0) is 61.1 Å². The average Bonchev–Trinajstić information content (AvgIpc) is 3.11. The number of carbonyl (C=O) groups excluding carboxylic acids is 1. The quantitative estimate of drug-likeness (QED) is 0.624. The molecule has 5 nitrogen and oxygen atoms in total. The number of aromatic carboxylic acids is 1. The minimum absolute atomic E-state index is 0.0293. The maximum atomic E-state index is 13.5. The summed E-state index contributed by atoms with van der Waals surface area (Å²) in [7, 11) is 0. The van der Waals surface area contributed by atoms with Crippen molar-refractivity contribution in [2.75, 3.05) is 6.54 Å². The molecule has 0 spiro atoms. The van der Waals surface area contributed by atoms with Gasteiger partial charge >= 0.3 is 5.97 Å². The smallest absolute Gasteiger partial charge is 0.335 e. The molecule has 0 radical (unpaired) electrons. The lowest BCUT2D eigenvalue weighted by atomic mass is 9.91. The Bertz CT molecular complexity index is 1010. The van der Waals surface area contributed by atoms with Gasteiger partial charge in [0.1, 0.15) is 5.75 Å². The number of rotatable bonds is 5. The van der Waals surface area contributed by atoms with Gasteiger partial charge in [-0.3, -0.25) is 4.79 Å². The SMILES string of the molecule is O=C(O)c1ccc(-c2cc(O)c(C[C@@H]3CCN(C4CCC(F)(F)CC4)C3=O)c(Cl)c2)cc1. The number of carboxylic acids is 1. The van der Waals surface area contributed by atoms with E-state index in [1.807, 2.05) is 0 Å². The van der Waals surface area contributed by atoms with E-state index in [0.717, 1.165) is 0 Å². The van der Waals surface area contributed by atoms with Gasteiger partial charge in [0.25, 0.3) is 0 Å². The van der Waals surface area contributed by atoms with Crippen LogP contribution in [0.3, 0.4) is 0 Å². The number of amides is 1. The second-order valence-electron chi connectivity index (χ2n) is 8.65. The van der Waals surface area contributed by atoms with Crippen LogP contribution in [0.4, 0.5) is 8.78 Å². The normalized spacial score (nSPS) is 21.2. The molecule has 1 heterocycles. The van der Waals surface area contributed by atoms with Crippen molar-refractivity contribution in [3.8, 4) is 16.9 Å². The van der Waals surface area contributed by atoms with E-state index in [0.29, 0.717) is 47.5 Å². The molecule has 2 aromatic rings. The molecule has 2 N–H and O–H groups in total. The number of phenols is 1. The standard InChI is InChI=1S/C24H24ClF2NO4/c25-20-12-17(14-1-3-15(4-2-14)23(31)32)13-21(29)19(20)11-16-7-10-28(22(16)30)18-5-8-24(26,27)9-6-18/h1-4,12-13,16,18,29H,5-11H2,(H,31,32)/t16-/m0/s1. The number of likely N-dealkylation sites (tertiary alicyclic amines) is 1. The maximum absolute atomic E-state index is 13.5. The van der Waals surface area contributed by atoms with Crippen LogP contribution in [0.15, 0.2) is 36.4 Å². The number of phenolic OH excluding ortho intramolecular Hbond substituents is 1. The van der Waals surface area contributed by atoms with Crippen LogP contribution in [-0.4, -0.2) is 45.5 Å². The summed E-state index contributed by atoms with van der Waals surface area (Å²) in [5.74, 6) is -4.10. The Hall–Kier alpha value is -2.67. The highest BCUT2D eigenvalue weighted by atomic mass is 35.5. The number of benzene rings is 2. The molecule has 32 heavy (non-hydrogen) atoms. The summed E-state index contributed by atoms with van der Waals surface area (Å²) < 4.78 is 26.9. The summed E-state index contributed by atoms with van der Waals surface area (Å²) in [5.41, 5.74) is 1.98. The molecule has 2 aliphatic rings. The molecule has 1 aliphatic carbocycles. The van der Waals surface area contributed by atoms with Crippen molar-refractivity contribution in [2.24, 2.45) is 5.92 Å². The van der Waals surface area contributed by atoms with Crippen LogP contribution in [0.25, 0.3) is 11.1 Å². The van der Waals surface area contributed by atoms with Gasteiger partial charge in [-0.15, -0.1) is 0 Å². The van der Waals surface area contributed by atoms with E-state index in [1.54, 1.807) is 29.2 Å². The predicted octanol–water partition coefficient (Wildman–Crippen LogP) is 5.38. The van der Waals surface area contributed by atoms with Crippen molar-refractivity contribution in [1.82, 2.24) is 4.90 Å². The number of nitrogens with zero attached hydrogens (tertiary/aromatic N) is 1. The number of carboxylic acid groups (broad SMARTS) is 1. The Morgan fingerprint density at radius 2 is 1.75 bits per heavy atom. The molecule has 1 amide bonds. The summed E-state index contributed by atoms with van der Waals surface area (Å²) in [6, 6.07) is 9.32. The van der Waals surface area contributed by atoms with Gasteiger partial charge in [0.05, 0.1) is 5.56 Å². The lowest BCUT2D eigenvalue weighted by molar-refractivity contribution is -0.135. The molecule has 1 saturated heterocycles. The Kier molecular flexibility index (Phi) is 6.12. The topological polar surface area (TPSA) is 77.8 Å². The molecule has 0 unspecified atom stereocenters. The van der Waals surface area contributed by atoms with Crippen LogP contribution >= 0.6 is 11.6 Å². The van der Waals surface area contributed by atoms with E-state index >= 15 is 0 Å². The average molecular weight is 464 g/mol. The monoisotopic (exact) mass is 463 g/mol. The number of hydrogen-bond donors (Lipinski definition) is 2. The molecule has 0 bridgehead atoms. The van der Waals surface area contributed by atoms with Crippen molar-refractivity contribution in [3.63, 3.8) is 0 Å². The van der Waals surface area contributed by atoms with Gasteiger partial charge in [0.2, 0.25) is 11.8 Å². The third-order valence-corrected chi connectivity index (χ3v) is 6.90. The van der Waals surface area contributed by atoms with Gasteiger partial charge < -0.3 is 15.1 Å². The molecule has 0 aromatic heterocycles. The minimum atomic E-state index is -2.63. The fourth-order valence-corrected chi connectivity index (χ4v) is 4.99. The van der Waals surface area contributed by atoms with Gasteiger partial charge in [-0.1, -0.05) is 23.7 Å². The molecule has 170 valence electrons. The van der Waals surface area contributed by atoms with Crippen molar-refractivity contribution >= 4 is 23.5 Å². The molecule has 1 saturated carbocycles. The third kappa shape index (κ3) is 4.58. The summed E-state index contributed by atoms with van der Waals surface area (Å²) in [6.07, 6.45) is 1.13. The van der Waals surface area contributed by atoms with Gasteiger partial charge in [0.15, 0.2) is 0 Å². The number of halogens is 3. The highest BCUT2D eigenvalue weighted by Crippen LogP contribution is 2.39. The lowest BCUT2D eigenvalue weighted by Crippen LogP contribution is -2.42. The molecule has 2 aromatic carbocycles. The zero-order chi connectivity index (χ0) is 23.0. The number of hydrogen-bond acceptors (Lipinski definition) is 3. The van der Waals surface area contributed by atoms with Crippen molar-refractivity contribution in [2.45, 2.75) is 50.5 Å². The van der Waals surface area contributed by atoms with E-state index in [1.165, 1.54) is 12.1 Å². The van der Waals surface area contributed by atoms with Gasteiger partial charge in [-0.2, -0.15) is 0 Å². The minimum Gasteiger partial charge on any atom is -0.508 e. The van der Waals surface area contributed by atoms with Crippen LogP contribution in [0.5, 0.6) is 5.75 Å². The van der Waals surface area contributed by atoms with Crippen LogP contribution in [-0.2, 0) is 11.2 Å². The molecular weight excluding hydrogens is 440 g/mol. The fourth-order valence-electron chi connectivity index (χ4n) is 4.69. The van der Waals surface area contributed by atoms with Crippen molar-refractivity contribution in [1.29, 1.82) is 0 Å². The molecule has 4 rings (SSSR count). The van der Waals surface area contributed by atoms with E-state index in [4.69, 9.17) is 16.7 Å². The molecular formula is C24H24ClF2NO4. The highest BCUT2D eigenvalue weighted by molar-refractivity contribution is 6.32. The number of alkyl halides is 2. The van der Waals surface area contributed by atoms with Crippen LogP contribution in [0.1, 0.15) is 48.0 Å². The Balaban J connectivity index is 1.47. The number of carbonyl (C=O) groups is 2. The Morgan fingerprint density at radius 3 is 2.34 bits per heavy atom. The molecule has 2 fully saturated rings. The number of aromatic hydroxyl groups is 1.